The number of halogens is 3. The standard InChI is InChI=1S/C14H10BrClFNO/c1-7-2-5-11(18)9(6-7)14(19)8-3-4-10(15)12(16)13(8)17/h2-6H,18H2,1H3. The van der Waals surface area contributed by atoms with Gasteiger partial charge in [-0.3, -0.25) is 4.79 Å². The van der Waals surface area contributed by atoms with Crippen molar-refractivity contribution < 1.29 is 9.18 Å². The summed E-state index contributed by atoms with van der Waals surface area (Å²) in [5.41, 5.74) is 7.13. The van der Waals surface area contributed by atoms with Gasteiger partial charge in [0, 0.05) is 15.7 Å². The molecule has 0 aliphatic carbocycles. The minimum atomic E-state index is -0.748. The first-order chi connectivity index (χ1) is 8.91. The van der Waals surface area contributed by atoms with Crippen LogP contribution in [0.4, 0.5) is 10.1 Å². The minimum Gasteiger partial charge on any atom is -0.398 e. The first-order valence-corrected chi connectivity index (χ1v) is 6.63. The number of rotatable bonds is 2. The highest BCUT2D eigenvalue weighted by Crippen LogP contribution is 2.29. The van der Waals surface area contributed by atoms with Crippen molar-refractivity contribution in [2.24, 2.45) is 0 Å². The zero-order chi connectivity index (χ0) is 14.2. The normalized spacial score (nSPS) is 10.5. The first-order valence-electron chi connectivity index (χ1n) is 5.46. The maximum atomic E-state index is 14.0. The Bertz CT molecular complexity index is 673. The number of carbonyl (C=O) groups is 1. The Kier molecular flexibility index (Phi) is 3.92. The molecule has 98 valence electrons. The summed E-state index contributed by atoms with van der Waals surface area (Å²) in [7, 11) is 0. The predicted molar refractivity (Wildman–Crippen MR) is 78.1 cm³/mol. The van der Waals surface area contributed by atoms with E-state index in [9.17, 15) is 9.18 Å². The molecule has 0 unspecified atom stereocenters. The first kappa shape index (κ1) is 14.0. The lowest BCUT2D eigenvalue weighted by molar-refractivity contribution is 0.103. The van der Waals surface area contributed by atoms with Crippen LogP contribution in [0.2, 0.25) is 5.02 Å². The monoisotopic (exact) mass is 341 g/mol. The Hall–Kier alpha value is -1.39. The number of nitrogens with two attached hydrogens (primary N) is 1. The van der Waals surface area contributed by atoms with Gasteiger partial charge in [0.2, 0.25) is 0 Å². The number of ketones is 1. The molecule has 2 aromatic rings. The third-order valence-electron chi connectivity index (χ3n) is 2.73. The number of hydrogen-bond acceptors (Lipinski definition) is 2. The molecule has 19 heavy (non-hydrogen) atoms. The van der Waals surface area contributed by atoms with E-state index in [2.05, 4.69) is 15.9 Å². The third kappa shape index (κ3) is 2.65. The van der Waals surface area contributed by atoms with E-state index < -0.39 is 11.6 Å². The van der Waals surface area contributed by atoms with E-state index in [0.29, 0.717) is 10.2 Å². The summed E-state index contributed by atoms with van der Waals surface area (Å²) in [6.45, 7) is 1.83. The van der Waals surface area contributed by atoms with E-state index in [-0.39, 0.29) is 16.1 Å². The van der Waals surface area contributed by atoms with Gasteiger partial charge in [0.15, 0.2) is 11.6 Å². The fourth-order valence-corrected chi connectivity index (χ4v) is 2.18. The molecule has 2 aromatic carbocycles. The summed E-state index contributed by atoms with van der Waals surface area (Å²) >= 11 is 8.88. The van der Waals surface area contributed by atoms with Gasteiger partial charge < -0.3 is 5.73 Å². The molecule has 0 saturated heterocycles. The van der Waals surface area contributed by atoms with E-state index in [1.807, 2.05) is 6.92 Å². The number of carbonyl (C=O) groups excluding carboxylic acids is 1. The summed E-state index contributed by atoms with van der Waals surface area (Å²) < 4.78 is 14.4. The Morgan fingerprint density at radius 3 is 2.63 bits per heavy atom. The fraction of sp³-hybridized carbons (Fsp3) is 0.0714. The van der Waals surface area contributed by atoms with Gasteiger partial charge in [0.1, 0.15) is 0 Å². The van der Waals surface area contributed by atoms with E-state index in [0.717, 1.165) is 5.56 Å². The molecular formula is C14H10BrClFNO. The molecule has 0 spiro atoms. The van der Waals surface area contributed by atoms with Crippen molar-refractivity contribution in [3.05, 3.63) is 62.3 Å². The lowest BCUT2D eigenvalue weighted by Crippen LogP contribution is -2.08. The number of nitrogen functional groups attached to an aromatic ring is 1. The quantitative estimate of drug-likeness (QED) is 0.500. The van der Waals surface area contributed by atoms with Crippen molar-refractivity contribution in [2.75, 3.05) is 5.73 Å². The Labute approximate surface area is 123 Å². The molecule has 2 N–H and O–H groups in total. The molecule has 0 saturated carbocycles. The molecule has 0 aliphatic heterocycles. The second-order valence-corrected chi connectivity index (χ2v) is 5.38. The number of hydrogen-bond donors (Lipinski definition) is 1. The van der Waals surface area contributed by atoms with Gasteiger partial charge in [-0.25, -0.2) is 4.39 Å². The van der Waals surface area contributed by atoms with Gasteiger partial charge in [-0.15, -0.1) is 0 Å². The lowest BCUT2D eigenvalue weighted by atomic mass is 9.99. The van der Waals surface area contributed by atoms with Crippen LogP contribution < -0.4 is 5.73 Å². The summed E-state index contributed by atoms with van der Waals surface area (Å²) in [6, 6.07) is 7.96. The molecule has 0 radical (unpaired) electrons. The highest BCUT2D eigenvalue weighted by Gasteiger charge is 2.19. The second-order valence-electron chi connectivity index (χ2n) is 4.14. The van der Waals surface area contributed by atoms with E-state index in [1.165, 1.54) is 12.1 Å². The molecular weight excluding hydrogens is 333 g/mol. The largest absolute Gasteiger partial charge is 0.398 e. The highest BCUT2D eigenvalue weighted by molar-refractivity contribution is 9.10. The van der Waals surface area contributed by atoms with Crippen LogP contribution in [0, 0.1) is 12.7 Å². The van der Waals surface area contributed by atoms with Crippen molar-refractivity contribution in [3.63, 3.8) is 0 Å². The van der Waals surface area contributed by atoms with Crippen molar-refractivity contribution >= 4 is 39.0 Å². The molecule has 0 aliphatic rings. The molecule has 2 rings (SSSR count). The number of aryl methyl sites for hydroxylation is 1. The van der Waals surface area contributed by atoms with Crippen molar-refractivity contribution in [1.82, 2.24) is 0 Å². The average Bonchev–Trinajstić information content (AvgIpc) is 2.38. The van der Waals surface area contributed by atoms with Crippen molar-refractivity contribution in [2.45, 2.75) is 6.92 Å². The maximum Gasteiger partial charge on any atom is 0.198 e. The highest BCUT2D eigenvalue weighted by atomic mass is 79.9. The van der Waals surface area contributed by atoms with Gasteiger partial charge in [-0.2, -0.15) is 0 Å². The SMILES string of the molecule is Cc1ccc(N)c(C(=O)c2ccc(Br)c(Cl)c2F)c1. The molecule has 0 aromatic heterocycles. The van der Waals surface area contributed by atoms with Crippen LogP contribution in [0.3, 0.4) is 0 Å². The summed E-state index contributed by atoms with van der Waals surface area (Å²) in [5, 5.41) is -0.114. The van der Waals surface area contributed by atoms with Crippen LogP contribution in [-0.4, -0.2) is 5.78 Å². The molecule has 0 bridgehead atoms. The average molecular weight is 343 g/mol. The van der Waals surface area contributed by atoms with Crippen LogP contribution in [0.5, 0.6) is 0 Å². The van der Waals surface area contributed by atoms with Gasteiger partial charge in [0.25, 0.3) is 0 Å². The number of benzene rings is 2. The zero-order valence-electron chi connectivity index (χ0n) is 10.0. The van der Waals surface area contributed by atoms with Crippen molar-refractivity contribution in [1.29, 1.82) is 0 Å². The Morgan fingerprint density at radius 2 is 1.95 bits per heavy atom. The van der Waals surface area contributed by atoms with Crippen LogP contribution in [0.15, 0.2) is 34.8 Å². The van der Waals surface area contributed by atoms with Gasteiger partial charge in [-0.05, 0) is 47.1 Å². The fourth-order valence-electron chi connectivity index (χ4n) is 1.71. The third-order valence-corrected chi connectivity index (χ3v) is 3.99. The van der Waals surface area contributed by atoms with Crippen molar-refractivity contribution in [3.8, 4) is 0 Å². The van der Waals surface area contributed by atoms with Crippen LogP contribution >= 0.6 is 27.5 Å². The van der Waals surface area contributed by atoms with Crippen LogP contribution in [-0.2, 0) is 0 Å². The Morgan fingerprint density at radius 1 is 1.26 bits per heavy atom. The zero-order valence-corrected chi connectivity index (χ0v) is 12.3. The Balaban J connectivity index is 2.56. The summed E-state index contributed by atoms with van der Waals surface area (Å²) in [6.07, 6.45) is 0. The second kappa shape index (κ2) is 5.31. The van der Waals surface area contributed by atoms with Gasteiger partial charge in [-0.1, -0.05) is 23.2 Å². The van der Waals surface area contributed by atoms with E-state index >= 15 is 0 Å². The molecule has 0 heterocycles. The van der Waals surface area contributed by atoms with Gasteiger partial charge >= 0.3 is 0 Å². The van der Waals surface area contributed by atoms with E-state index in [4.69, 9.17) is 17.3 Å². The lowest BCUT2D eigenvalue weighted by Gasteiger charge is -2.08. The molecule has 0 atom stereocenters. The molecule has 2 nitrogen and oxygen atoms in total. The van der Waals surface area contributed by atoms with Crippen LogP contribution in [0.1, 0.15) is 21.5 Å². The molecule has 5 heteroatoms. The molecule has 0 amide bonds. The smallest absolute Gasteiger partial charge is 0.198 e. The van der Waals surface area contributed by atoms with Crippen LogP contribution in [0.25, 0.3) is 0 Å². The van der Waals surface area contributed by atoms with E-state index in [1.54, 1.807) is 18.2 Å². The maximum absolute atomic E-state index is 14.0. The topological polar surface area (TPSA) is 43.1 Å². The summed E-state index contributed by atoms with van der Waals surface area (Å²) in [4.78, 5) is 12.3. The molecule has 0 fully saturated rings. The predicted octanol–water partition coefficient (Wildman–Crippen LogP) is 4.36. The van der Waals surface area contributed by atoms with Gasteiger partial charge in [0.05, 0.1) is 10.6 Å². The minimum absolute atomic E-state index is 0.0921. The summed E-state index contributed by atoms with van der Waals surface area (Å²) in [5.74, 6) is -1.23. The number of anilines is 1.